The highest BCUT2D eigenvalue weighted by Gasteiger charge is 2.43. The Morgan fingerprint density at radius 1 is 1.27 bits per heavy atom. The van der Waals surface area contributed by atoms with E-state index in [0.717, 1.165) is 0 Å². The van der Waals surface area contributed by atoms with Crippen LogP contribution in [0.4, 0.5) is 17.1 Å². The number of benzene rings is 2. The summed E-state index contributed by atoms with van der Waals surface area (Å²) in [5, 5.41) is 25.3. The maximum Gasteiger partial charge on any atom is 0.315 e. The number of Topliss-reactive ketones (excluding diaryl/α,β-unsaturated/α-hetero) is 1. The summed E-state index contributed by atoms with van der Waals surface area (Å²) in [7, 11) is 1.29. The lowest BCUT2D eigenvalue weighted by atomic mass is 9.73. The predicted octanol–water partition coefficient (Wildman–Crippen LogP) is 4.47. The molecule has 0 spiro atoms. The molecule has 1 heterocycles. The van der Waals surface area contributed by atoms with Gasteiger partial charge in [0.25, 0.3) is 0 Å². The molecule has 1 atom stereocenters. The number of fused-ring (bicyclic) bond motifs is 1. The second-order valence-corrected chi connectivity index (χ2v) is 9.11. The van der Waals surface area contributed by atoms with Crippen LogP contribution in [0.1, 0.15) is 45.2 Å². The van der Waals surface area contributed by atoms with Crippen molar-refractivity contribution in [2.75, 3.05) is 17.3 Å². The molecule has 2 aromatic rings. The van der Waals surface area contributed by atoms with E-state index in [1.807, 2.05) is 26.0 Å². The van der Waals surface area contributed by atoms with Crippen LogP contribution < -0.4 is 15.0 Å². The Morgan fingerprint density at radius 2 is 1.97 bits per heavy atom. The number of phenols is 1. The highest BCUT2D eigenvalue weighted by Crippen LogP contribution is 2.50. The molecule has 0 saturated carbocycles. The van der Waals surface area contributed by atoms with E-state index in [-0.39, 0.29) is 29.3 Å². The van der Waals surface area contributed by atoms with Gasteiger partial charge in [0.15, 0.2) is 11.5 Å². The minimum absolute atomic E-state index is 0.112. The predicted molar refractivity (Wildman–Crippen MR) is 122 cm³/mol. The Kier molecular flexibility index (Phi) is 5.35. The van der Waals surface area contributed by atoms with E-state index in [9.17, 15) is 24.8 Å². The summed E-state index contributed by atoms with van der Waals surface area (Å²) in [5.41, 5.74) is 1.69. The van der Waals surface area contributed by atoms with E-state index in [4.69, 9.17) is 4.74 Å². The number of rotatable bonds is 3. The standard InChI is InChI=1S/C24H25N3O6/c1-13(28)26-17-8-6-5-7-15(17)25-16-11-24(2,3)12-19(29)21(16)22(26)14-9-18(27(31)32)23(30)20(10-14)33-4/h5-10,22,25,30H,11-12H2,1-4H3/t22-/m0/s1. The Bertz CT molecular complexity index is 1220. The molecule has 0 bridgehead atoms. The average molecular weight is 451 g/mol. The van der Waals surface area contributed by atoms with Gasteiger partial charge in [0.1, 0.15) is 0 Å². The summed E-state index contributed by atoms with van der Waals surface area (Å²) in [6.45, 7) is 5.39. The zero-order valence-corrected chi connectivity index (χ0v) is 18.8. The summed E-state index contributed by atoms with van der Waals surface area (Å²) in [6, 6.07) is 8.89. The fraction of sp³-hybridized carbons (Fsp3) is 0.333. The third kappa shape index (κ3) is 3.79. The number of nitrogens with zero attached hydrogens (tertiary/aromatic N) is 2. The first-order chi connectivity index (χ1) is 15.5. The second kappa shape index (κ2) is 7.91. The summed E-state index contributed by atoms with van der Waals surface area (Å²) >= 11 is 0. The maximum atomic E-state index is 13.5. The van der Waals surface area contributed by atoms with E-state index in [2.05, 4.69) is 5.32 Å². The average Bonchev–Trinajstić information content (AvgIpc) is 2.87. The quantitative estimate of drug-likeness (QED) is 0.521. The maximum absolute atomic E-state index is 13.5. The van der Waals surface area contributed by atoms with Crippen LogP contribution >= 0.6 is 0 Å². The number of methoxy groups -OCH3 is 1. The van der Waals surface area contributed by atoms with Crippen molar-refractivity contribution >= 4 is 28.8 Å². The number of phenolic OH excluding ortho intramolecular Hbond substituents is 1. The van der Waals surface area contributed by atoms with Gasteiger partial charge in [0, 0.05) is 30.7 Å². The molecule has 1 aliphatic heterocycles. The summed E-state index contributed by atoms with van der Waals surface area (Å²) in [6.07, 6.45) is 0.825. The number of nitrogens with one attached hydrogen (secondary N) is 1. The van der Waals surface area contributed by atoms with Crippen LogP contribution in [0.5, 0.6) is 11.5 Å². The highest BCUT2D eigenvalue weighted by atomic mass is 16.6. The first kappa shape index (κ1) is 22.3. The minimum Gasteiger partial charge on any atom is -0.500 e. The first-order valence-corrected chi connectivity index (χ1v) is 10.5. The van der Waals surface area contributed by atoms with Gasteiger partial charge in [-0.05, 0) is 35.6 Å². The second-order valence-electron chi connectivity index (χ2n) is 9.11. The summed E-state index contributed by atoms with van der Waals surface area (Å²) in [4.78, 5) is 38.9. The van der Waals surface area contributed by atoms with Gasteiger partial charge in [0.2, 0.25) is 11.7 Å². The Hall–Kier alpha value is -3.88. The molecule has 1 amide bonds. The van der Waals surface area contributed by atoms with Crippen molar-refractivity contribution in [3.8, 4) is 11.5 Å². The number of anilines is 2. The number of aromatic hydroxyl groups is 1. The van der Waals surface area contributed by atoms with Crippen LogP contribution in [0.15, 0.2) is 47.7 Å². The molecular weight excluding hydrogens is 426 g/mol. The molecule has 0 fully saturated rings. The van der Waals surface area contributed by atoms with Crippen molar-refractivity contribution in [2.24, 2.45) is 5.41 Å². The van der Waals surface area contributed by atoms with Gasteiger partial charge in [-0.2, -0.15) is 0 Å². The third-order valence-electron chi connectivity index (χ3n) is 6.05. The van der Waals surface area contributed by atoms with Crippen molar-refractivity contribution in [1.29, 1.82) is 0 Å². The highest BCUT2D eigenvalue weighted by molar-refractivity contribution is 6.06. The van der Waals surface area contributed by atoms with Crippen LogP contribution in [0.25, 0.3) is 0 Å². The number of allylic oxidation sites excluding steroid dienone is 1. The molecule has 9 heteroatoms. The topological polar surface area (TPSA) is 122 Å². The lowest BCUT2D eigenvalue weighted by Crippen LogP contribution is -2.38. The third-order valence-corrected chi connectivity index (χ3v) is 6.05. The van der Waals surface area contributed by atoms with Crippen LogP contribution in [-0.4, -0.2) is 28.8 Å². The first-order valence-electron chi connectivity index (χ1n) is 10.5. The van der Waals surface area contributed by atoms with Crippen LogP contribution in [0.2, 0.25) is 0 Å². The number of amides is 1. The number of nitro benzene ring substituents is 1. The van der Waals surface area contributed by atoms with Gasteiger partial charge in [-0.25, -0.2) is 0 Å². The smallest absolute Gasteiger partial charge is 0.315 e. The zero-order valence-electron chi connectivity index (χ0n) is 18.8. The van der Waals surface area contributed by atoms with E-state index in [1.165, 1.54) is 31.1 Å². The lowest BCUT2D eigenvalue weighted by Gasteiger charge is -2.36. The molecule has 33 heavy (non-hydrogen) atoms. The number of carbonyl (C=O) groups is 2. The number of hydrogen-bond donors (Lipinski definition) is 2. The molecule has 0 unspecified atom stereocenters. The van der Waals surface area contributed by atoms with Crippen LogP contribution in [0.3, 0.4) is 0 Å². The monoisotopic (exact) mass is 451 g/mol. The van der Waals surface area contributed by atoms with Gasteiger partial charge in [-0.1, -0.05) is 26.0 Å². The molecule has 0 aromatic heterocycles. The Labute approximate surface area is 190 Å². The van der Waals surface area contributed by atoms with Crippen molar-refractivity contribution in [3.63, 3.8) is 0 Å². The number of nitro groups is 1. The van der Waals surface area contributed by atoms with Crippen molar-refractivity contribution < 1.29 is 24.4 Å². The SMILES string of the molecule is COc1cc([C@H]2C3=C(CC(C)(C)CC3=O)Nc3ccccc3N2C(C)=O)cc([N+](=O)[O-])c1O. The molecule has 2 N–H and O–H groups in total. The van der Waals surface area contributed by atoms with Gasteiger partial charge in [0.05, 0.1) is 29.4 Å². The molecule has 172 valence electrons. The Balaban J connectivity index is 2.07. The molecule has 1 aliphatic carbocycles. The fourth-order valence-electron chi connectivity index (χ4n) is 4.72. The van der Waals surface area contributed by atoms with E-state index >= 15 is 0 Å². The van der Waals surface area contributed by atoms with Gasteiger partial charge >= 0.3 is 5.69 Å². The molecule has 9 nitrogen and oxygen atoms in total. The molecule has 4 rings (SSSR count). The molecular formula is C24H25N3O6. The molecule has 0 radical (unpaired) electrons. The van der Waals surface area contributed by atoms with Crippen molar-refractivity contribution in [2.45, 2.75) is 39.7 Å². The number of hydrogen-bond acceptors (Lipinski definition) is 7. The van der Waals surface area contributed by atoms with Crippen molar-refractivity contribution in [1.82, 2.24) is 0 Å². The lowest BCUT2D eigenvalue weighted by molar-refractivity contribution is -0.386. The minimum atomic E-state index is -0.939. The molecule has 2 aliphatic rings. The van der Waals surface area contributed by atoms with Gasteiger partial charge in [-0.3, -0.25) is 24.6 Å². The fourth-order valence-corrected chi connectivity index (χ4v) is 4.72. The van der Waals surface area contributed by atoms with Gasteiger partial charge < -0.3 is 15.2 Å². The number of carbonyl (C=O) groups excluding carboxylic acids is 2. The largest absolute Gasteiger partial charge is 0.500 e. The summed E-state index contributed by atoms with van der Waals surface area (Å²) in [5.74, 6) is -1.21. The van der Waals surface area contributed by atoms with E-state index in [0.29, 0.717) is 34.6 Å². The van der Waals surface area contributed by atoms with Gasteiger partial charge in [-0.15, -0.1) is 0 Å². The number of ketones is 1. The van der Waals surface area contributed by atoms with E-state index < -0.39 is 22.4 Å². The molecule has 2 aromatic carbocycles. The zero-order chi connectivity index (χ0) is 24.1. The van der Waals surface area contributed by atoms with Crippen LogP contribution in [0, 0.1) is 15.5 Å². The van der Waals surface area contributed by atoms with E-state index in [1.54, 1.807) is 12.1 Å². The normalized spacial score (nSPS) is 19.2. The number of para-hydroxylation sites is 2. The van der Waals surface area contributed by atoms with Crippen LogP contribution in [-0.2, 0) is 9.59 Å². The number of ether oxygens (including phenoxy) is 1. The Morgan fingerprint density at radius 3 is 2.61 bits per heavy atom. The molecule has 0 saturated heterocycles. The van der Waals surface area contributed by atoms with Crippen molar-refractivity contribution in [3.05, 3.63) is 63.3 Å². The summed E-state index contributed by atoms with van der Waals surface area (Å²) < 4.78 is 5.19.